The van der Waals surface area contributed by atoms with E-state index in [2.05, 4.69) is 24.1 Å². The summed E-state index contributed by atoms with van der Waals surface area (Å²) in [6.07, 6.45) is 2.44. The summed E-state index contributed by atoms with van der Waals surface area (Å²) >= 11 is 0. The molecule has 1 aliphatic rings. The molecule has 0 aromatic heterocycles. The Hall–Kier alpha value is -1.71. The average Bonchev–Trinajstić information content (AvgIpc) is 2.42. The number of nitrogens with one attached hydrogen (secondary N) is 1. The molecule has 0 atom stereocenters. The highest BCUT2D eigenvalue weighted by Gasteiger charge is 2.19. The number of aryl methyl sites for hydroxylation is 1. The third-order valence-electron chi connectivity index (χ3n) is 4.27. The predicted octanol–water partition coefficient (Wildman–Crippen LogP) is 3.41. The fraction of sp³-hybridized carbons (Fsp3) is 0.588. The van der Waals surface area contributed by atoms with Gasteiger partial charge in [-0.25, -0.2) is 0 Å². The van der Waals surface area contributed by atoms with Gasteiger partial charge in [0.25, 0.3) is 0 Å². The summed E-state index contributed by atoms with van der Waals surface area (Å²) in [6, 6.07) is 3.99. The number of rotatable bonds is 3. The van der Waals surface area contributed by atoms with Gasteiger partial charge in [0.2, 0.25) is 5.91 Å². The van der Waals surface area contributed by atoms with E-state index in [0.29, 0.717) is 5.69 Å². The molecule has 0 saturated carbocycles. The molecule has 0 spiro atoms. The maximum atomic E-state index is 11.9. The van der Waals surface area contributed by atoms with Crippen LogP contribution in [0, 0.1) is 18.8 Å². The molecule has 2 rings (SSSR count). The Bertz CT molecular complexity index is 517. The Morgan fingerprint density at radius 2 is 1.95 bits per heavy atom. The SMILES string of the molecule is Cc1cc(N)c(NC(=O)C(C)C)cc1N1CCC(C)CC1. The van der Waals surface area contributed by atoms with Gasteiger partial charge in [-0.3, -0.25) is 4.79 Å². The van der Waals surface area contributed by atoms with Crippen LogP contribution in [-0.4, -0.2) is 19.0 Å². The van der Waals surface area contributed by atoms with Crippen molar-refractivity contribution in [2.75, 3.05) is 29.0 Å². The van der Waals surface area contributed by atoms with Gasteiger partial charge in [0.15, 0.2) is 0 Å². The van der Waals surface area contributed by atoms with Gasteiger partial charge in [0.05, 0.1) is 11.4 Å². The third kappa shape index (κ3) is 3.69. The van der Waals surface area contributed by atoms with Gasteiger partial charge in [-0.05, 0) is 43.4 Å². The second-order valence-electron chi connectivity index (χ2n) is 6.54. The number of amides is 1. The Labute approximate surface area is 127 Å². The van der Waals surface area contributed by atoms with Crippen molar-refractivity contribution in [3.05, 3.63) is 17.7 Å². The number of piperidine rings is 1. The lowest BCUT2D eigenvalue weighted by molar-refractivity contribution is -0.118. The van der Waals surface area contributed by atoms with Crippen LogP contribution in [0.4, 0.5) is 17.1 Å². The molecule has 0 radical (unpaired) electrons. The topological polar surface area (TPSA) is 58.4 Å². The molecule has 1 aromatic rings. The first kappa shape index (κ1) is 15.7. The zero-order chi connectivity index (χ0) is 15.6. The molecule has 0 aliphatic carbocycles. The van der Waals surface area contributed by atoms with Crippen LogP contribution in [0.1, 0.15) is 39.2 Å². The second-order valence-corrected chi connectivity index (χ2v) is 6.54. The molecule has 1 aromatic carbocycles. The summed E-state index contributed by atoms with van der Waals surface area (Å²) in [7, 11) is 0. The van der Waals surface area contributed by atoms with E-state index in [1.54, 1.807) is 0 Å². The van der Waals surface area contributed by atoms with Gasteiger partial charge in [0.1, 0.15) is 0 Å². The normalized spacial score (nSPS) is 16.3. The van der Waals surface area contributed by atoms with Crippen LogP contribution in [-0.2, 0) is 4.79 Å². The minimum atomic E-state index is -0.0509. The van der Waals surface area contributed by atoms with Crippen LogP contribution in [0.2, 0.25) is 0 Å². The number of hydrogen-bond donors (Lipinski definition) is 2. The molecule has 4 heteroatoms. The fourth-order valence-corrected chi connectivity index (χ4v) is 2.69. The second kappa shape index (κ2) is 6.37. The van der Waals surface area contributed by atoms with Crippen molar-refractivity contribution in [1.82, 2.24) is 0 Å². The van der Waals surface area contributed by atoms with Crippen LogP contribution in [0.15, 0.2) is 12.1 Å². The van der Waals surface area contributed by atoms with Crippen LogP contribution in [0.25, 0.3) is 0 Å². The fourth-order valence-electron chi connectivity index (χ4n) is 2.69. The summed E-state index contributed by atoms with van der Waals surface area (Å²) < 4.78 is 0. The van der Waals surface area contributed by atoms with Gasteiger partial charge in [-0.2, -0.15) is 0 Å². The van der Waals surface area contributed by atoms with Crippen LogP contribution < -0.4 is 16.0 Å². The Balaban J connectivity index is 2.24. The van der Waals surface area contributed by atoms with Gasteiger partial charge in [0, 0.05) is 24.7 Å². The lowest BCUT2D eigenvalue weighted by Gasteiger charge is -2.33. The van der Waals surface area contributed by atoms with Gasteiger partial charge in [-0.1, -0.05) is 20.8 Å². The number of hydrogen-bond acceptors (Lipinski definition) is 3. The van der Waals surface area contributed by atoms with E-state index in [4.69, 9.17) is 5.73 Å². The van der Waals surface area contributed by atoms with Crippen molar-refractivity contribution in [3.8, 4) is 0 Å². The summed E-state index contributed by atoms with van der Waals surface area (Å²) in [4.78, 5) is 14.3. The molecule has 1 fully saturated rings. The molecule has 1 amide bonds. The van der Waals surface area contributed by atoms with Gasteiger partial charge >= 0.3 is 0 Å². The Kier molecular flexibility index (Phi) is 4.76. The monoisotopic (exact) mass is 289 g/mol. The predicted molar refractivity (Wildman–Crippen MR) is 89.7 cm³/mol. The zero-order valence-electron chi connectivity index (χ0n) is 13.6. The number of nitrogen functional groups attached to an aromatic ring is 1. The largest absolute Gasteiger partial charge is 0.397 e. The van der Waals surface area contributed by atoms with E-state index in [1.165, 1.54) is 24.1 Å². The molecule has 1 aliphatic heterocycles. The van der Waals surface area contributed by atoms with E-state index in [9.17, 15) is 4.79 Å². The first-order valence-electron chi connectivity index (χ1n) is 7.84. The molecule has 0 unspecified atom stereocenters. The molecule has 0 bridgehead atoms. The van der Waals surface area contributed by atoms with E-state index >= 15 is 0 Å². The number of nitrogens with zero attached hydrogens (tertiary/aromatic N) is 1. The smallest absolute Gasteiger partial charge is 0.226 e. The lowest BCUT2D eigenvalue weighted by Crippen LogP contribution is -2.33. The molecule has 3 N–H and O–H groups in total. The number of carbonyl (C=O) groups excluding carboxylic acids is 1. The van der Waals surface area contributed by atoms with Gasteiger partial charge in [-0.15, -0.1) is 0 Å². The maximum absolute atomic E-state index is 11.9. The average molecular weight is 289 g/mol. The van der Waals surface area contributed by atoms with Crippen molar-refractivity contribution in [3.63, 3.8) is 0 Å². The number of nitrogens with two attached hydrogens (primary N) is 1. The lowest BCUT2D eigenvalue weighted by atomic mass is 9.98. The van der Waals surface area contributed by atoms with E-state index in [1.807, 2.05) is 26.0 Å². The quantitative estimate of drug-likeness (QED) is 0.838. The minimum Gasteiger partial charge on any atom is -0.397 e. The van der Waals surface area contributed by atoms with Crippen molar-refractivity contribution in [1.29, 1.82) is 0 Å². The van der Waals surface area contributed by atoms with E-state index in [0.717, 1.165) is 24.7 Å². The molecular weight excluding hydrogens is 262 g/mol. The molecule has 4 nitrogen and oxygen atoms in total. The van der Waals surface area contributed by atoms with Crippen molar-refractivity contribution >= 4 is 23.0 Å². The summed E-state index contributed by atoms with van der Waals surface area (Å²) in [5.41, 5.74) is 9.78. The zero-order valence-corrected chi connectivity index (χ0v) is 13.6. The molecule has 21 heavy (non-hydrogen) atoms. The Morgan fingerprint density at radius 1 is 1.33 bits per heavy atom. The standard InChI is InChI=1S/C17H27N3O/c1-11(2)17(21)19-15-10-16(13(4)9-14(15)18)20-7-5-12(3)6-8-20/h9-12H,5-8,18H2,1-4H3,(H,19,21). The summed E-state index contributed by atoms with van der Waals surface area (Å²) in [6.45, 7) is 10.3. The van der Waals surface area contributed by atoms with Crippen LogP contribution in [0.5, 0.6) is 0 Å². The van der Waals surface area contributed by atoms with Crippen LogP contribution >= 0.6 is 0 Å². The highest BCUT2D eigenvalue weighted by atomic mass is 16.1. The first-order valence-corrected chi connectivity index (χ1v) is 7.84. The van der Waals surface area contributed by atoms with Crippen molar-refractivity contribution in [2.45, 2.75) is 40.5 Å². The van der Waals surface area contributed by atoms with Gasteiger partial charge < -0.3 is 16.0 Å². The maximum Gasteiger partial charge on any atom is 0.226 e. The molecule has 116 valence electrons. The summed E-state index contributed by atoms with van der Waals surface area (Å²) in [5.74, 6) is 0.754. The van der Waals surface area contributed by atoms with Crippen molar-refractivity contribution in [2.24, 2.45) is 11.8 Å². The molecule has 1 heterocycles. The summed E-state index contributed by atoms with van der Waals surface area (Å²) in [5, 5.41) is 2.93. The number of anilines is 3. The highest BCUT2D eigenvalue weighted by Crippen LogP contribution is 2.32. The van der Waals surface area contributed by atoms with E-state index < -0.39 is 0 Å². The first-order chi connectivity index (χ1) is 9.88. The molecular formula is C17H27N3O. The number of carbonyl (C=O) groups is 1. The Morgan fingerprint density at radius 3 is 2.52 bits per heavy atom. The highest BCUT2D eigenvalue weighted by molar-refractivity contribution is 5.96. The van der Waals surface area contributed by atoms with Crippen molar-refractivity contribution < 1.29 is 4.79 Å². The number of benzene rings is 1. The minimum absolute atomic E-state index is 0.00349. The van der Waals surface area contributed by atoms with E-state index in [-0.39, 0.29) is 11.8 Å². The third-order valence-corrected chi connectivity index (χ3v) is 4.27. The molecule has 1 saturated heterocycles. The van der Waals surface area contributed by atoms with Crippen LogP contribution in [0.3, 0.4) is 0 Å².